The second kappa shape index (κ2) is 5.05. The summed E-state index contributed by atoms with van der Waals surface area (Å²) in [7, 11) is 1.46. The average Bonchev–Trinajstić information content (AvgIpc) is 2.92. The lowest BCUT2D eigenvalue weighted by Crippen LogP contribution is -2.25. The fourth-order valence-electron chi connectivity index (χ4n) is 1.79. The van der Waals surface area contributed by atoms with Crippen molar-refractivity contribution in [2.45, 2.75) is 44.8 Å². The van der Waals surface area contributed by atoms with Crippen LogP contribution in [0.1, 0.15) is 33.4 Å². The molecule has 2 heterocycles. The molecule has 110 valence electrons. The average molecular weight is 336 g/mol. The van der Waals surface area contributed by atoms with E-state index in [4.69, 9.17) is 10.7 Å². The van der Waals surface area contributed by atoms with Crippen molar-refractivity contribution in [3.05, 3.63) is 5.69 Å². The van der Waals surface area contributed by atoms with Crippen LogP contribution in [0.4, 0.5) is 0 Å². The number of aromatic nitrogens is 5. The van der Waals surface area contributed by atoms with Gasteiger partial charge in [-0.3, -0.25) is 4.57 Å². The maximum absolute atomic E-state index is 11.7. The molecule has 0 unspecified atom stereocenters. The summed E-state index contributed by atoms with van der Waals surface area (Å²) < 4.78 is 28.7. The van der Waals surface area contributed by atoms with Gasteiger partial charge in [-0.2, -0.15) is 0 Å². The normalized spacial score (nSPS) is 12.8. The summed E-state index contributed by atoms with van der Waals surface area (Å²) in [6.07, 6.45) is 0.672. The minimum atomic E-state index is -3.98. The Bertz CT molecular complexity index is 729. The number of aryl methyl sites for hydroxylation is 1. The van der Waals surface area contributed by atoms with Crippen LogP contribution in [0, 0.1) is 0 Å². The lowest BCUT2D eigenvalue weighted by molar-refractivity contribution is 0.367. The van der Waals surface area contributed by atoms with Crippen molar-refractivity contribution in [3.8, 4) is 10.7 Å². The van der Waals surface area contributed by atoms with Gasteiger partial charge in [0.05, 0.1) is 5.69 Å². The molecule has 0 N–H and O–H groups in total. The van der Waals surface area contributed by atoms with E-state index in [1.54, 1.807) is 0 Å². The van der Waals surface area contributed by atoms with Crippen LogP contribution in [0.2, 0.25) is 0 Å². The van der Waals surface area contributed by atoms with E-state index in [1.165, 1.54) is 4.57 Å². The van der Waals surface area contributed by atoms with Crippen molar-refractivity contribution in [2.24, 2.45) is 0 Å². The zero-order chi connectivity index (χ0) is 15.1. The van der Waals surface area contributed by atoms with Crippen LogP contribution in [0.25, 0.3) is 10.7 Å². The van der Waals surface area contributed by atoms with Gasteiger partial charge in [-0.1, -0.05) is 11.4 Å². The molecule has 20 heavy (non-hydrogen) atoms. The Labute approximate surface area is 125 Å². The van der Waals surface area contributed by atoms with Crippen LogP contribution >= 0.6 is 22.2 Å². The maximum Gasteiger partial charge on any atom is 0.296 e. The summed E-state index contributed by atoms with van der Waals surface area (Å²) in [6, 6.07) is 0. The van der Waals surface area contributed by atoms with Gasteiger partial charge in [0.25, 0.3) is 14.2 Å². The van der Waals surface area contributed by atoms with E-state index in [-0.39, 0.29) is 5.16 Å². The first-order valence-electron chi connectivity index (χ1n) is 5.88. The van der Waals surface area contributed by atoms with Gasteiger partial charge >= 0.3 is 0 Å². The van der Waals surface area contributed by atoms with Crippen LogP contribution < -0.4 is 0 Å². The topological polar surface area (TPSA) is 90.6 Å². The highest BCUT2D eigenvalue weighted by molar-refractivity contribution is 8.13. The number of nitrogens with zero attached hydrogens (tertiary/aromatic N) is 5. The summed E-state index contributed by atoms with van der Waals surface area (Å²) in [5, 5.41) is 11.5. The van der Waals surface area contributed by atoms with Crippen molar-refractivity contribution in [1.82, 2.24) is 24.4 Å². The van der Waals surface area contributed by atoms with Gasteiger partial charge in [0.2, 0.25) is 0 Å². The lowest BCUT2D eigenvalue weighted by Gasteiger charge is -2.23. The molecule has 0 fully saturated rings. The predicted octanol–water partition coefficient (Wildman–Crippen LogP) is 2.04. The SMILES string of the molecule is CCc1nnsc1-c1nnc(S(=O)(=O)Cl)n1C(C)(C)C. The van der Waals surface area contributed by atoms with Crippen molar-refractivity contribution >= 4 is 31.3 Å². The molecule has 2 rings (SSSR count). The second-order valence-electron chi connectivity index (χ2n) is 5.15. The fourth-order valence-corrected chi connectivity index (χ4v) is 3.53. The van der Waals surface area contributed by atoms with Crippen molar-refractivity contribution in [2.75, 3.05) is 0 Å². The minimum Gasteiger partial charge on any atom is -0.291 e. The first-order chi connectivity index (χ1) is 9.16. The summed E-state index contributed by atoms with van der Waals surface area (Å²) in [4.78, 5) is 0.710. The van der Waals surface area contributed by atoms with E-state index in [0.717, 1.165) is 17.2 Å². The molecule has 0 saturated carbocycles. The summed E-state index contributed by atoms with van der Waals surface area (Å²) in [6.45, 7) is 7.50. The Kier molecular flexibility index (Phi) is 3.87. The van der Waals surface area contributed by atoms with Gasteiger partial charge in [0.15, 0.2) is 5.82 Å². The number of hydrogen-bond donors (Lipinski definition) is 0. The Morgan fingerprint density at radius 3 is 2.40 bits per heavy atom. The molecule has 10 heteroatoms. The van der Waals surface area contributed by atoms with Crippen LogP contribution in [0.3, 0.4) is 0 Å². The molecule has 0 radical (unpaired) electrons. The molecule has 0 amide bonds. The Morgan fingerprint density at radius 2 is 1.90 bits per heavy atom. The van der Waals surface area contributed by atoms with Crippen LogP contribution in [0.5, 0.6) is 0 Å². The molecule has 0 bridgehead atoms. The van der Waals surface area contributed by atoms with E-state index in [1.807, 2.05) is 27.7 Å². The molecule has 0 spiro atoms. The standard InChI is InChI=1S/C10H14ClN5O2S2/c1-5-6-7(19-15-12-6)8-13-14-9(20(11,17)18)16(8)10(2,3)4/h5H2,1-4H3. The zero-order valence-corrected chi connectivity index (χ0v) is 13.8. The first-order valence-corrected chi connectivity index (χ1v) is 8.96. The fraction of sp³-hybridized carbons (Fsp3) is 0.600. The van der Waals surface area contributed by atoms with Gasteiger partial charge in [-0.25, -0.2) is 8.42 Å². The van der Waals surface area contributed by atoms with E-state index < -0.39 is 14.6 Å². The number of rotatable bonds is 3. The van der Waals surface area contributed by atoms with E-state index >= 15 is 0 Å². The predicted molar refractivity (Wildman–Crippen MR) is 76.3 cm³/mol. The molecule has 0 aliphatic heterocycles. The maximum atomic E-state index is 11.7. The third kappa shape index (κ3) is 2.70. The van der Waals surface area contributed by atoms with Gasteiger partial charge in [-0.05, 0) is 38.7 Å². The molecular weight excluding hydrogens is 322 g/mol. The van der Waals surface area contributed by atoms with Gasteiger partial charge in [0, 0.05) is 16.2 Å². The summed E-state index contributed by atoms with van der Waals surface area (Å²) in [5.41, 5.74) is 0.205. The van der Waals surface area contributed by atoms with Gasteiger partial charge in [0.1, 0.15) is 4.88 Å². The quantitative estimate of drug-likeness (QED) is 0.797. The van der Waals surface area contributed by atoms with Crippen LogP contribution in [0.15, 0.2) is 5.16 Å². The highest BCUT2D eigenvalue weighted by atomic mass is 35.7. The van der Waals surface area contributed by atoms with Gasteiger partial charge < -0.3 is 0 Å². The molecule has 0 atom stereocenters. The van der Waals surface area contributed by atoms with E-state index in [0.29, 0.717) is 17.1 Å². The molecule has 0 aliphatic carbocycles. The summed E-state index contributed by atoms with van der Waals surface area (Å²) in [5.74, 6) is 0.420. The Balaban J connectivity index is 2.77. The molecule has 0 aromatic carbocycles. The molecule has 2 aromatic heterocycles. The minimum absolute atomic E-state index is 0.267. The molecule has 2 aromatic rings. The molecule has 0 aliphatic rings. The van der Waals surface area contributed by atoms with Crippen molar-refractivity contribution < 1.29 is 8.42 Å². The zero-order valence-electron chi connectivity index (χ0n) is 11.5. The van der Waals surface area contributed by atoms with E-state index in [9.17, 15) is 8.42 Å². The lowest BCUT2D eigenvalue weighted by atomic mass is 10.1. The molecular formula is C10H14ClN5O2S2. The highest BCUT2D eigenvalue weighted by Gasteiger charge is 2.31. The van der Waals surface area contributed by atoms with E-state index in [2.05, 4.69) is 19.8 Å². The Hall–Kier alpha value is -1.06. The first kappa shape index (κ1) is 15.3. The van der Waals surface area contributed by atoms with Gasteiger partial charge in [-0.15, -0.1) is 15.3 Å². The van der Waals surface area contributed by atoms with Crippen molar-refractivity contribution in [1.29, 1.82) is 0 Å². The second-order valence-corrected chi connectivity index (χ2v) is 8.37. The van der Waals surface area contributed by atoms with Crippen LogP contribution in [-0.4, -0.2) is 32.8 Å². The van der Waals surface area contributed by atoms with Crippen LogP contribution in [-0.2, 0) is 21.0 Å². The third-order valence-corrected chi connectivity index (χ3v) is 4.49. The smallest absolute Gasteiger partial charge is 0.291 e. The third-order valence-electron chi connectivity index (χ3n) is 2.62. The largest absolute Gasteiger partial charge is 0.296 e. The molecule has 7 nitrogen and oxygen atoms in total. The highest BCUT2D eigenvalue weighted by Crippen LogP contribution is 2.32. The summed E-state index contributed by atoms with van der Waals surface area (Å²) >= 11 is 1.16. The Morgan fingerprint density at radius 1 is 1.25 bits per heavy atom. The monoisotopic (exact) mass is 335 g/mol. The van der Waals surface area contributed by atoms with Crippen molar-refractivity contribution in [3.63, 3.8) is 0 Å². The number of hydrogen-bond acceptors (Lipinski definition) is 7. The number of halogens is 1. The molecule has 0 saturated heterocycles.